The fraction of sp³-hybridized carbons (Fsp3) is 0.167. The molecule has 0 spiro atoms. The van der Waals surface area contributed by atoms with Gasteiger partial charge in [0.15, 0.2) is 0 Å². The van der Waals surface area contributed by atoms with Crippen molar-refractivity contribution < 1.29 is 0 Å². The molecule has 0 aliphatic rings. The normalized spacial score (nSPS) is 10.8. The second-order valence-corrected chi connectivity index (χ2v) is 5.28. The summed E-state index contributed by atoms with van der Waals surface area (Å²) in [6.07, 6.45) is 4.03. The van der Waals surface area contributed by atoms with Crippen molar-refractivity contribution in [1.29, 1.82) is 0 Å². The Morgan fingerprint density at radius 2 is 1.70 bits per heavy atom. The predicted octanol–water partition coefficient (Wildman–Crippen LogP) is 4.46. The van der Waals surface area contributed by atoms with Gasteiger partial charge in [-0.2, -0.15) is 5.10 Å². The van der Waals surface area contributed by atoms with E-state index < -0.39 is 0 Å². The Hall–Kier alpha value is -2.35. The lowest BCUT2D eigenvalue weighted by atomic mass is 10.0. The van der Waals surface area contributed by atoms with Gasteiger partial charge in [-0.3, -0.25) is 0 Å². The van der Waals surface area contributed by atoms with E-state index in [1.807, 2.05) is 10.9 Å². The third kappa shape index (κ3) is 2.25. The quantitative estimate of drug-likeness (QED) is 0.666. The molecule has 20 heavy (non-hydrogen) atoms. The number of nitrogens with zero attached hydrogens (tertiary/aromatic N) is 2. The van der Waals surface area contributed by atoms with Crippen LogP contribution < -0.4 is 0 Å². The van der Waals surface area contributed by atoms with Crippen molar-refractivity contribution in [3.8, 4) is 16.8 Å². The summed E-state index contributed by atoms with van der Waals surface area (Å²) in [6.45, 7) is 6.36. The van der Waals surface area contributed by atoms with Crippen molar-refractivity contribution in [3.63, 3.8) is 0 Å². The summed E-state index contributed by atoms with van der Waals surface area (Å²) >= 11 is 0. The van der Waals surface area contributed by atoms with Crippen molar-refractivity contribution in [2.45, 2.75) is 20.8 Å². The molecule has 0 amide bonds. The Balaban J connectivity index is 2.04. The van der Waals surface area contributed by atoms with Gasteiger partial charge in [0.1, 0.15) is 0 Å². The maximum Gasteiger partial charge on any atom is 0.0675 e. The summed E-state index contributed by atoms with van der Waals surface area (Å²) in [5.74, 6) is 0. The monoisotopic (exact) mass is 262 g/mol. The van der Waals surface area contributed by atoms with Crippen LogP contribution in [0.4, 0.5) is 0 Å². The number of rotatable bonds is 2. The summed E-state index contributed by atoms with van der Waals surface area (Å²) in [5.41, 5.74) is 7.32. The van der Waals surface area contributed by atoms with Crippen LogP contribution in [0.3, 0.4) is 0 Å². The minimum absolute atomic E-state index is 1.13. The van der Waals surface area contributed by atoms with Crippen LogP contribution in [-0.2, 0) is 0 Å². The molecule has 2 heteroatoms. The Kier molecular flexibility index (Phi) is 3.15. The summed E-state index contributed by atoms with van der Waals surface area (Å²) in [4.78, 5) is 0. The van der Waals surface area contributed by atoms with Crippen LogP contribution >= 0.6 is 0 Å². The van der Waals surface area contributed by atoms with Gasteiger partial charge in [0, 0.05) is 11.8 Å². The van der Waals surface area contributed by atoms with Gasteiger partial charge in [-0.25, -0.2) is 4.68 Å². The van der Waals surface area contributed by atoms with Crippen LogP contribution in [0.15, 0.2) is 54.9 Å². The Morgan fingerprint density at radius 1 is 0.900 bits per heavy atom. The Bertz CT molecular complexity index is 754. The maximum atomic E-state index is 4.51. The first-order valence-corrected chi connectivity index (χ1v) is 6.83. The molecule has 0 fully saturated rings. The zero-order valence-electron chi connectivity index (χ0n) is 12.1. The third-order valence-corrected chi connectivity index (χ3v) is 3.64. The van der Waals surface area contributed by atoms with Crippen LogP contribution in [0.1, 0.15) is 16.7 Å². The SMILES string of the molecule is Cc1ccc(-n2cc(-c3ccccc3C)cn2)c(C)c1. The maximum absolute atomic E-state index is 4.51. The largest absolute Gasteiger partial charge is 0.240 e. The van der Waals surface area contributed by atoms with Gasteiger partial charge in [-0.15, -0.1) is 0 Å². The number of hydrogen-bond donors (Lipinski definition) is 0. The van der Waals surface area contributed by atoms with Crippen LogP contribution in [0, 0.1) is 20.8 Å². The van der Waals surface area contributed by atoms with E-state index in [1.54, 1.807) is 0 Å². The fourth-order valence-corrected chi connectivity index (χ4v) is 2.55. The molecule has 0 atom stereocenters. The summed E-state index contributed by atoms with van der Waals surface area (Å²) in [5, 5.41) is 4.51. The predicted molar refractivity (Wildman–Crippen MR) is 83.2 cm³/mol. The average molecular weight is 262 g/mol. The van der Waals surface area contributed by atoms with E-state index in [-0.39, 0.29) is 0 Å². The molecule has 2 nitrogen and oxygen atoms in total. The van der Waals surface area contributed by atoms with Crippen LogP contribution in [0.5, 0.6) is 0 Å². The summed E-state index contributed by atoms with van der Waals surface area (Å²) in [7, 11) is 0. The fourth-order valence-electron chi connectivity index (χ4n) is 2.55. The lowest BCUT2D eigenvalue weighted by molar-refractivity contribution is 0.872. The topological polar surface area (TPSA) is 17.8 Å². The third-order valence-electron chi connectivity index (χ3n) is 3.64. The molecule has 0 aliphatic heterocycles. The van der Waals surface area contributed by atoms with E-state index in [0.717, 1.165) is 11.3 Å². The highest BCUT2D eigenvalue weighted by Crippen LogP contribution is 2.24. The zero-order chi connectivity index (χ0) is 14.1. The van der Waals surface area contributed by atoms with Crippen LogP contribution in [0.2, 0.25) is 0 Å². The first-order valence-electron chi connectivity index (χ1n) is 6.83. The molecular formula is C18H18N2. The molecular weight excluding hydrogens is 244 g/mol. The Labute approximate surface area is 119 Å². The average Bonchev–Trinajstić information content (AvgIpc) is 2.88. The zero-order valence-corrected chi connectivity index (χ0v) is 12.1. The first-order chi connectivity index (χ1) is 9.65. The molecule has 0 N–H and O–H groups in total. The molecule has 0 unspecified atom stereocenters. The van der Waals surface area contributed by atoms with Crippen molar-refractivity contribution in [2.75, 3.05) is 0 Å². The highest BCUT2D eigenvalue weighted by Gasteiger charge is 2.07. The highest BCUT2D eigenvalue weighted by atomic mass is 15.3. The van der Waals surface area contributed by atoms with Crippen molar-refractivity contribution in [2.24, 2.45) is 0 Å². The van der Waals surface area contributed by atoms with E-state index in [1.165, 1.54) is 22.3 Å². The van der Waals surface area contributed by atoms with Crippen molar-refractivity contribution >= 4 is 0 Å². The van der Waals surface area contributed by atoms with Gasteiger partial charge >= 0.3 is 0 Å². The number of hydrogen-bond acceptors (Lipinski definition) is 1. The molecule has 1 heterocycles. The lowest BCUT2D eigenvalue weighted by Crippen LogP contribution is -1.97. The van der Waals surface area contributed by atoms with E-state index in [9.17, 15) is 0 Å². The summed E-state index contributed by atoms with van der Waals surface area (Å²) < 4.78 is 1.95. The molecule has 3 aromatic rings. The summed E-state index contributed by atoms with van der Waals surface area (Å²) in [6, 6.07) is 14.8. The van der Waals surface area contributed by atoms with Crippen molar-refractivity contribution in [3.05, 3.63) is 71.5 Å². The minimum atomic E-state index is 1.13. The second kappa shape index (κ2) is 4.97. The molecule has 3 rings (SSSR count). The van der Waals surface area contributed by atoms with E-state index in [4.69, 9.17) is 0 Å². The van der Waals surface area contributed by atoms with E-state index >= 15 is 0 Å². The van der Waals surface area contributed by atoms with Gasteiger partial charge < -0.3 is 0 Å². The van der Waals surface area contributed by atoms with E-state index in [2.05, 4.69) is 74.5 Å². The van der Waals surface area contributed by atoms with Gasteiger partial charge in [0.25, 0.3) is 0 Å². The molecule has 0 saturated heterocycles. The molecule has 1 aromatic heterocycles. The lowest BCUT2D eigenvalue weighted by Gasteiger charge is -2.06. The molecule has 0 bridgehead atoms. The van der Waals surface area contributed by atoms with Crippen LogP contribution in [0.25, 0.3) is 16.8 Å². The number of aromatic nitrogens is 2. The molecule has 2 aromatic carbocycles. The van der Waals surface area contributed by atoms with Gasteiger partial charge in [0.2, 0.25) is 0 Å². The molecule has 0 radical (unpaired) electrons. The molecule has 100 valence electrons. The number of aryl methyl sites for hydroxylation is 3. The van der Waals surface area contributed by atoms with Gasteiger partial charge in [0.05, 0.1) is 11.9 Å². The minimum Gasteiger partial charge on any atom is -0.240 e. The van der Waals surface area contributed by atoms with Crippen molar-refractivity contribution in [1.82, 2.24) is 9.78 Å². The molecule has 0 aliphatic carbocycles. The smallest absolute Gasteiger partial charge is 0.0675 e. The molecule has 0 saturated carbocycles. The second-order valence-electron chi connectivity index (χ2n) is 5.28. The first kappa shape index (κ1) is 12.7. The standard InChI is InChI=1S/C18H18N2/c1-13-8-9-18(15(3)10-13)20-12-16(11-19-20)17-7-5-4-6-14(17)2/h4-12H,1-3H3. The highest BCUT2D eigenvalue weighted by molar-refractivity contribution is 5.66. The van der Waals surface area contributed by atoms with Gasteiger partial charge in [-0.1, -0.05) is 42.0 Å². The van der Waals surface area contributed by atoms with Gasteiger partial charge in [-0.05, 0) is 43.5 Å². The van der Waals surface area contributed by atoms with Crippen LogP contribution in [-0.4, -0.2) is 9.78 Å². The van der Waals surface area contributed by atoms with E-state index in [0.29, 0.717) is 0 Å². The number of benzene rings is 2. The Morgan fingerprint density at radius 3 is 2.45 bits per heavy atom.